The van der Waals surface area contributed by atoms with Crippen molar-refractivity contribution in [2.24, 2.45) is 0 Å². The number of methoxy groups -OCH3 is 1. The molecule has 4 heterocycles. The molecule has 0 amide bonds. The molecule has 1 atom stereocenters. The van der Waals surface area contributed by atoms with Gasteiger partial charge in [0.1, 0.15) is 11.5 Å². The van der Waals surface area contributed by atoms with Gasteiger partial charge in [-0.1, -0.05) is 18.2 Å². The Morgan fingerprint density at radius 3 is 2.82 bits per heavy atom. The number of para-hydroxylation sites is 1. The van der Waals surface area contributed by atoms with Crippen LogP contribution >= 0.6 is 0 Å². The van der Waals surface area contributed by atoms with Crippen LogP contribution in [0, 0.1) is 6.92 Å². The van der Waals surface area contributed by atoms with Crippen molar-refractivity contribution in [2.75, 3.05) is 7.11 Å². The van der Waals surface area contributed by atoms with Crippen LogP contribution in [0.25, 0.3) is 22.7 Å². The fourth-order valence-corrected chi connectivity index (χ4v) is 4.87. The highest BCUT2D eigenvalue weighted by atomic mass is 16.5. The smallest absolute Gasteiger partial charge is 0.191 e. The Kier molecular flexibility index (Phi) is 4.36. The van der Waals surface area contributed by atoms with Crippen molar-refractivity contribution in [1.82, 2.24) is 19.7 Å². The number of Topliss-reactive ketones (excluding diaryl/α,β-unsaturated/α-hetero) is 1. The van der Waals surface area contributed by atoms with Crippen molar-refractivity contribution < 1.29 is 18.7 Å². The molecule has 33 heavy (non-hydrogen) atoms. The van der Waals surface area contributed by atoms with E-state index < -0.39 is 5.60 Å². The first-order valence-corrected chi connectivity index (χ1v) is 10.9. The van der Waals surface area contributed by atoms with Gasteiger partial charge in [0, 0.05) is 19.0 Å². The highest BCUT2D eigenvalue weighted by Gasteiger charge is 2.47. The number of rotatable bonds is 3. The third-order valence-electron chi connectivity index (χ3n) is 6.41. The third-order valence-corrected chi connectivity index (χ3v) is 6.41. The second kappa shape index (κ2) is 7.30. The Hall–Kier alpha value is -3.94. The third kappa shape index (κ3) is 3.05. The second-order valence-electron chi connectivity index (χ2n) is 8.45. The van der Waals surface area contributed by atoms with E-state index in [0.717, 1.165) is 36.3 Å². The van der Waals surface area contributed by atoms with Crippen molar-refractivity contribution in [2.45, 2.75) is 38.3 Å². The molecule has 1 spiro atoms. The fraction of sp³-hybridized carbons (Fsp3) is 0.280. The van der Waals surface area contributed by atoms with E-state index in [1.54, 1.807) is 20.2 Å². The van der Waals surface area contributed by atoms with Gasteiger partial charge in [-0.3, -0.25) is 4.79 Å². The molecule has 166 valence electrons. The van der Waals surface area contributed by atoms with Crippen LogP contribution in [0.3, 0.4) is 0 Å². The van der Waals surface area contributed by atoms with Gasteiger partial charge >= 0.3 is 0 Å². The summed E-state index contributed by atoms with van der Waals surface area (Å²) in [6, 6.07) is 13.2. The summed E-state index contributed by atoms with van der Waals surface area (Å²) in [4.78, 5) is 17.1. The van der Waals surface area contributed by atoms with Gasteiger partial charge in [0.15, 0.2) is 34.7 Å². The molecule has 0 aliphatic carbocycles. The first-order chi connectivity index (χ1) is 16.1. The Balaban J connectivity index is 1.42. The van der Waals surface area contributed by atoms with Crippen LogP contribution in [0.5, 0.6) is 11.5 Å². The molecule has 0 N–H and O–H groups in total. The van der Waals surface area contributed by atoms with Gasteiger partial charge in [-0.2, -0.15) is 0 Å². The minimum Gasteiger partial charge on any atom is -0.496 e. The van der Waals surface area contributed by atoms with Crippen molar-refractivity contribution in [3.8, 4) is 34.2 Å². The number of benzene rings is 2. The first-order valence-electron chi connectivity index (χ1n) is 10.9. The second-order valence-corrected chi connectivity index (χ2v) is 8.45. The van der Waals surface area contributed by atoms with Gasteiger partial charge in [0.2, 0.25) is 0 Å². The number of aromatic nitrogens is 4. The van der Waals surface area contributed by atoms with E-state index >= 15 is 0 Å². The van der Waals surface area contributed by atoms with E-state index in [4.69, 9.17) is 13.9 Å². The van der Waals surface area contributed by atoms with Crippen LogP contribution in [0.15, 0.2) is 53.1 Å². The van der Waals surface area contributed by atoms with Gasteiger partial charge in [-0.15, -0.1) is 10.2 Å². The van der Waals surface area contributed by atoms with E-state index in [-0.39, 0.29) is 12.2 Å². The average molecular weight is 442 g/mol. The molecule has 0 saturated carbocycles. The van der Waals surface area contributed by atoms with Crippen LogP contribution in [-0.4, -0.2) is 32.6 Å². The molecule has 8 heteroatoms. The molecule has 8 nitrogen and oxygen atoms in total. The van der Waals surface area contributed by atoms with Crippen LogP contribution in [0.4, 0.5) is 0 Å². The number of hydrogen-bond acceptors (Lipinski definition) is 7. The van der Waals surface area contributed by atoms with E-state index in [1.165, 1.54) is 0 Å². The van der Waals surface area contributed by atoms with Crippen LogP contribution in [-0.2, 0) is 12.1 Å². The van der Waals surface area contributed by atoms with Gasteiger partial charge in [0.25, 0.3) is 0 Å². The van der Waals surface area contributed by atoms with E-state index in [9.17, 15) is 4.79 Å². The standard InChI is InChI=1S/C25H22N4O4/c1-15-26-14-22(32-15)18-9-8-16(12-21(18)31-2)23-27-28-24-25(10-5-11-29(23)24)13-19(30)17-6-3-4-7-20(17)33-25/h3-4,6-9,12,14H,5,10-11,13H2,1-2H3. The minimum atomic E-state index is -0.795. The molecule has 4 aromatic rings. The number of carbonyl (C=O) groups excluding carboxylic acids is 1. The monoisotopic (exact) mass is 442 g/mol. The molecule has 6 rings (SSSR count). The molecule has 0 radical (unpaired) electrons. The highest BCUT2D eigenvalue weighted by Crippen LogP contribution is 2.45. The molecule has 2 aliphatic heterocycles. The zero-order valence-electron chi connectivity index (χ0n) is 18.4. The summed E-state index contributed by atoms with van der Waals surface area (Å²) >= 11 is 0. The molecule has 2 aromatic carbocycles. The Labute approximate surface area is 190 Å². The predicted molar refractivity (Wildman–Crippen MR) is 119 cm³/mol. The fourth-order valence-electron chi connectivity index (χ4n) is 4.87. The number of nitrogens with zero attached hydrogens (tertiary/aromatic N) is 4. The van der Waals surface area contributed by atoms with Crippen molar-refractivity contribution in [3.63, 3.8) is 0 Å². The average Bonchev–Trinajstić information content (AvgIpc) is 3.46. The lowest BCUT2D eigenvalue weighted by atomic mass is 9.83. The lowest BCUT2D eigenvalue weighted by molar-refractivity contribution is 0.0111. The molecule has 0 bridgehead atoms. The van der Waals surface area contributed by atoms with Gasteiger partial charge in [0.05, 0.1) is 30.9 Å². The normalized spacial score (nSPS) is 19.2. The zero-order chi connectivity index (χ0) is 22.6. The van der Waals surface area contributed by atoms with Crippen LogP contribution < -0.4 is 9.47 Å². The summed E-state index contributed by atoms with van der Waals surface area (Å²) < 4.78 is 19.8. The Morgan fingerprint density at radius 2 is 2.00 bits per heavy atom. The molecule has 0 fully saturated rings. The number of ketones is 1. The summed E-state index contributed by atoms with van der Waals surface area (Å²) in [6.07, 6.45) is 3.53. The first kappa shape index (κ1) is 19.7. The summed E-state index contributed by atoms with van der Waals surface area (Å²) in [5.74, 6) is 3.99. The van der Waals surface area contributed by atoms with Gasteiger partial charge < -0.3 is 18.5 Å². The van der Waals surface area contributed by atoms with Crippen LogP contribution in [0.2, 0.25) is 0 Å². The molecule has 1 unspecified atom stereocenters. The molecule has 2 aromatic heterocycles. The summed E-state index contributed by atoms with van der Waals surface area (Å²) in [5.41, 5.74) is 1.51. The van der Waals surface area contributed by atoms with E-state index in [0.29, 0.717) is 34.5 Å². The largest absolute Gasteiger partial charge is 0.496 e. The SMILES string of the molecule is COc1cc(-c2nnc3n2CCCC32CC(=O)c3ccccc3O2)ccc1-c1cnc(C)o1. The Morgan fingerprint density at radius 1 is 1.12 bits per heavy atom. The number of oxazole rings is 1. The Bertz CT molecular complexity index is 1390. The number of ether oxygens (including phenoxy) is 2. The number of fused-ring (bicyclic) bond motifs is 3. The molecule has 0 saturated heterocycles. The van der Waals surface area contributed by atoms with E-state index in [1.807, 2.05) is 42.5 Å². The summed E-state index contributed by atoms with van der Waals surface area (Å²) in [6.45, 7) is 2.56. The number of aryl methyl sites for hydroxylation is 1. The molecule has 2 aliphatic rings. The van der Waals surface area contributed by atoms with Crippen molar-refractivity contribution >= 4 is 5.78 Å². The maximum Gasteiger partial charge on any atom is 0.191 e. The lowest BCUT2D eigenvalue weighted by Gasteiger charge is -2.39. The van der Waals surface area contributed by atoms with Crippen LogP contribution in [0.1, 0.15) is 41.3 Å². The van der Waals surface area contributed by atoms with Gasteiger partial charge in [-0.05, 0) is 37.1 Å². The highest BCUT2D eigenvalue weighted by molar-refractivity contribution is 6.00. The maximum atomic E-state index is 12.9. The molecular formula is C25H22N4O4. The lowest BCUT2D eigenvalue weighted by Crippen LogP contribution is -2.44. The van der Waals surface area contributed by atoms with Gasteiger partial charge in [-0.25, -0.2) is 4.98 Å². The maximum absolute atomic E-state index is 12.9. The molecular weight excluding hydrogens is 420 g/mol. The topological polar surface area (TPSA) is 92.3 Å². The summed E-state index contributed by atoms with van der Waals surface area (Å²) in [5, 5.41) is 9.03. The van der Waals surface area contributed by atoms with E-state index in [2.05, 4.69) is 19.7 Å². The predicted octanol–water partition coefficient (Wildman–Crippen LogP) is 4.57. The zero-order valence-corrected chi connectivity index (χ0v) is 18.4. The number of hydrogen-bond donors (Lipinski definition) is 0. The van der Waals surface area contributed by atoms with Crippen molar-refractivity contribution in [3.05, 3.63) is 65.9 Å². The quantitative estimate of drug-likeness (QED) is 0.459. The minimum absolute atomic E-state index is 0.0724. The van der Waals surface area contributed by atoms with Crippen molar-refractivity contribution in [1.29, 1.82) is 0 Å². The number of carbonyl (C=O) groups is 1. The summed E-state index contributed by atoms with van der Waals surface area (Å²) in [7, 11) is 1.62.